The quantitative estimate of drug-likeness (QED) is 0.915. The molecule has 0 bridgehead atoms. The Kier molecular flexibility index (Phi) is 5.70. The van der Waals surface area contributed by atoms with Crippen molar-refractivity contribution in [2.45, 2.75) is 19.1 Å². The van der Waals surface area contributed by atoms with Crippen LogP contribution in [-0.4, -0.2) is 54.4 Å². The van der Waals surface area contributed by atoms with Gasteiger partial charge in [-0.2, -0.15) is 0 Å². The summed E-state index contributed by atoms with van der Waals surface area (Å²) in [5.41, 5.74) is 0. The van der Waals surface area contributed by atoms with Crippen molar-refractivity contribution in [3.63, 3.8) is 0 Å². The maximum atomic E-state index is 12.2. The number of morpholine rings is 1. The van der Waals surface area contributed by atoms with Crippen LogP contribution in [0, 0.1) is 0 Å². The molecule has 1 aromatic rings. The maximum Gasteiger partial charge on any atom is 0.260 e. The summed E-state index contributed by atoms with van der Waals surface area (Å²) >= 11 is 11.8. The van der Waals surface area contributed by atoms with Crippen molar-refractivity contribution in [2.75, 3.05) is 26.4 Å². The van der Waals surface area contributed by atoms with Crippen molar-refractivity contribution in [3.05, 3.63) is 28.2 Å². The van der Waals surface area contributed by atoms with Crippen LogP contribution >= 0.6 is 23.2 Å². The van der Waals surface area contributed by atoms with Gasteiger partial charge in [-0.25, -0.2) is 0 Å². The molecule has 1 aliphatic rings. The van der Waals surface area contributed by atoms with Crippen LogP contribution in [0.2, 0.25) is 10.0 Å². The highest BCUT2D eigenvalue weighted by molar-refractivity contribution is 6.34. The van der Waals surface area contributed by atoms with Crippen molar-refractivity contribution in [1.82, 2.24) is 4.90 Å². The van der Waals surface area contributed by atoms with Gasteiger partial charge in [-0.15, -0.1) is 0 Å². The number of carbonyl (C=O) groups is 1. The van der Waals surface area contributed by atoms with Gasteiger partial charge in [0.15, 0.2) is 6.61 Å². The van der Waals surface area contributed by atoms with E-state index >= 15 is 0 Å². The highest BCUT2D eigenvalue weighted by atomic mass is 35.5. The predicted octanol–water partition coefficient (Wildman–Crippen LogP) is 1.98. The zero-order valence-electron chi connectivity index (χ0n) is 11.6. The number of aliphatic hydroxyl groups excluding tert-OH is 1. The molecule has 5 nitrogen and oxygen atoms in total. The maximum absolute atomic E-state index is 12.2. The second-order valence-corrected chi connectivity index (χ2v) is 5.74. The largest absolute Gasteiger partial charge is 0.482 e. The average Bonchev–Trinajstić information content (AvgIpc) is 2.48. The first-order valence-corrected chi connectivity index (χ1v) is 7.36. The fourth-order valence-electron chi connectivity index (χ4n) is 2.09. The Balaban J connectivity index is 1.96. The van der Waals surface area contributed by atoms with Crippen LogP contribution < -0.4 is 4.74 Å². The summed E-state index contributed by atoms with van der Waals surface area (Å²) < 4.78 is 10.8. The van der Waals surface area contributed by atoms with Crippen molar-refractivity contribution in [2.24, 2.45) is 0 Å². The summed E-state index contributed by atoms with van der Waals surface area (Å²) in [6, 6.07) is 4.77. The lowest BCUT2D eigenvalue weighted by atomic mass is 10.2. The Morgan fingerprint density at radius 2 is 2.29 bits per heavy atom. The smallest absolute Gasteiger partial charge is 0.260 e. The third kappa shape index (κ3) is 4.23. The Morgan fingerprint density at radius 1 is 1.52 bits per heavy atom. The molecule has 21 heavy (non-hydrogen) atoms. The molecule has 0 aromatic heterocycles. The van der Waals surface area contributed by atoms with E-state index in [1.807, 2.05) is 6.92 Å². The minimum Gasteiger partial charge on any atom is -0.482 e. The summed E-state index contributed by atoms with van der Waals surface area (Å²) in [4.78, 5) is 13.9. The number of benzene rings is 1. The van der Waals surface area contributed by atoms with E-state index in [0.29, 0.717) is 28.9 Å². The van der Waals surface area contributed by atoms with Gasteiger partial charge >= 0.3 is 0 Å². The van der Waals surface area contributed by atoms with E-state index in [4.69, 9.17) is 37.8 Å². The van der Waals surface area contributed by atoms with Crippen molar-refractivity contribution >= 4 is 29.1 Å². The Bertz CT molecular complexity index is 512. The van der Waals surface area contributed by atoms with Crippen LogP contribution in [0.3, 0.4) is 0 Å². The first-order chi connectivity index (χ1) is 10.0. The molecule has 2 unspecified atom stereocenters. The van der Waals surface area contributed by atoms with Crippen molar-refractivity contribution in [1.29, 1.82) is 0 Å². The topological polar surface area (TPSA) is 59.0 Å². The number of ether oxygens (including phenoxy) is 2. The van der Waals surface area contributed by atoms with E-state index in [1.165, 1.54) is 0 Å². The molecule has 0 spiro atoms. The van der Waals surface area contributed by atoms with Crippen LogP contribution in [0.1, 0.15) is 6.92 Å². The molecule has 0 aliphatic carbocycles. The lowest BCUT2D eigenvalue weighted by Gasteiger charge is -2.37. The second-order valence-electron chi connectivity index (χ2n) is 4.90. The molecule has 1 aromatic carbocycles. The van der Waals surface area contributed by atoms with Crippen LogP contribution in [-0.2, 0) is 9.53 Å². The molecular weight excluding hydrogens is 317 g/mol. The molecule has 116 valence electrons. The number of amides is 1. The average molecular weight is 334 g/mol. The minimum atomic E-state index is -0.347. The van der Waals surface area contributed by atoms with Gasteiger partial charge in [-0.3, -0.25) is 4.79 Å². The number of rotatable bonds is 4. The highest BCUT2D eigenvalue weighted by Crippen LogP contribution is 2.27. The lowest BCUT2D eigenvalue weighted by molar-refractivity contribution is -0.148. The second kappa shape index (κ2) is 7.31. The first kappa shape index (κ1) is 16.4. The molecule has 1 aliphatic heterocycles. The van der Waals surface area contributed by atoms with E-state index in [-0.39, 0.29) is 31.3 Å². The van der Waals surface area contributed by atoms with E-state index < -0.39 is 0 Å². The van der Waals surface area contributed by atoms with E-state index in [2.05, 4.69) is 0 Å². The SMILES string of the molecule is CC1COC(CO)CN1C(=O)COc1cc(Cl)ccc1Cl. The van der Waals surface area contributed by atoms with Gasteiger partial charge in [0.05, 0.1) is 30.4 Å². The molecule has 1 N–H and O–H groups in total. The minimum absolute atomic E-state index is 0.0567. The highest BCUT2D eigenvalue weighted by Gasteiger charge is 2.29. The third-order valence-electron chi connectivity index (χ3n) is 3.27. The monoisotopic (exact) mass is 333 g/mol. The molecule has 0 radical (unpaired) electrons. The number of hydrogen-bond donors (Lipinski definition) is 1. The third-order valence-corrected chi connectivity index (χ3v) is 3.82. The zero-order chi connectivity index (χ0) is 15.4. The Labute approximate surface area is 133 Å². The molecular formula is C14H17Cl2NO4. The van der Waals surface area contributed by atoms with E-state index in [9.17, 15) is 4.79 Å². The van der Waals surface area contributed by atoms with Crippen LogP contribution in [0.25, 0.3) is 0 Å². The fourth-order valence-corrected chi connectivity index (χ4v) is 2.42. The van der Waals surface area contributed by atoms with Gasteiger partial charge in [0.2, 0.25) is 0 Å². The predicted molar refractivity (Wildman–Crippen MR) is 80.0 cm³/mol. The van der Waals surface area contributed by atoms with Gasteiger partial charge in [0.25, 0.3) is 5.91 Å². The van der Waals surface area contributed by atoms with E-state index in [1.54, 1.807) is 23.1 Å². The normalized spacial score (nSPS) is 22.2. The molecule has 7 heteroatoms. The van der Waals surface area contributed by atoms with Gasteiger partial charge in [0.1, 0.15) is 5.75 Å². The van der Waals surface area contributed by atoms with Gasteiger partial charge in [0, 0.05) is 17.6 Å². The van der Waals surface area contributed by atoms with Crippen LogP contribution in [0.4, 0.5) is 0 Å². The molecule has 1 amide bonds. The number of nitrogens with zero attached hydrogens (tertiary/aromatic N) is 1. The first-order valence-electron chi connectivity index (χ1n) is 6.61. The van der Waals surface area contributed by atoms with Crippen molar-refractivity contribution in [3.8, 4) is 5.75 Å². The number of carbonyl (C=O) groups excluding carboxylic acids is 1. The number of halogens is 2. The standard InChI is InChI=1S/C14H17Cl2NO4/c1-9-7-20-11(6-18)5-17(9)14(19)8-21-13-4-10(15)2-3-12(13)16/h2-4,9,11,18H,5-8H2,1H3. The summed E-state index contributed by atoms with van der Waals surface area (Å²) in [5.74, 6) is 0.192. The molecule has 2 atom stereocenters. The summed E-state index contributed by atoms with van der Waals surface area (Å²) in [6.45, 7) is 2.38. The molecule has 1 fully saturated rings. The Morgan fingerprint density at radius 3 is 3.00 bits per heavy atom. The fraction of sp³-hybridized carbons (Fsp3) is 0.500. The lowest BCUT2D eigenvalue weighted by Crippen LogP contribution is -2.53. The van der Waals surface area contributed by atoms with Gasteiger partial charge in [-0.05, 0) is 19.1 Å². The van der Waals surface area contributed by atoms with E-state index in [0.717, 1.165) is 0 Å². The summed E-state index contributed by atoms with van der Waals surface area (Å²) in [5, 5.41) is 10.0. The van der Waals surface area contributed by atoms with Crippen molar-refractivity contribution < 1.29 is 19.4 Å². The number of aliphatic hydroxyl groups is 1. The summed E-state index contributed by atoms with van der Waals surface area (Å²) in [6.07, 6.45) is -0.347. The molecule has 2 rings (SSSR count). The molecule has 1 saturated heterocycles. The van der Waals surface area contributed by atoms with Crippen LogP contribution in [0.15, 0.2) is 18.2 Å². The van der Waals surface area contributed by atoms with Gasteiger partial charge < -0.3 is 19.5 Å². The number of hydrogen-bond acceptors (Lipinski definition) is 4. The molecule has 1 heterocycles. The Hall–Kier alpha value is -1.01. The summed E-state index contributed by atoms with van der Waals surface area (Å²) in [7, 11) is 0. The zero-order valence-corrected chi connectivity index (χ0v) is 13.1. The molecule has 0 saturated carbocycles. The van der Waals surface area contributed by atoms with Gasteiger partial charge in [-0.1, -0.05) is 23.2 Å². The van der Waals surface area contributed by atoms with Crippen LogP contribution in [0.5, 0.6) is 5.75 Å².